The van der Waals surface area contributed by atoms with Gasteiger partial charge in [0.25, 0.3) is 5.91 Å². The molecule has 0 aliphatic rings. The summed E-state index contributed by atoms with van der Waals surface area (Å²) in [4.78, 5) is 15.7. The van der Waals surface area contributed by atoms with E-state index in [1.165, 1.54) is 0 Å². The van der Waals surface area contributed by atoms with Gasteiger partial charge in [-0.15, -0.1) is 0 Å². The summed E-state index contributed by atoms with van der Waals surface area (Å²) in [6.45, 7) is 1.81. The fraction of sp³-hybridized carbons (Fsp3) is 0.133. The number of aryl methyl sites for hydroxylation is 1. The van der Waals surface area contributed by atoms with Gasteiger partial charge in [-0.2, -0.15) is 5.26 Å². The molecule has 0 saturated heterocycles. The van der Waals surface area contributed by atoms with Gasteiger partial charge in [-0.1, -0.05) is 6.07 Å². The Morgan fingerprint density at radius 1 is 1.30 bits per heavy atom. The molecule has 0 bridgehead atoms. The number of hydrogen-bond acceptors (Lipinski definition) is 4. The van der Waals surface area contributed by atoms with Gasteiger partial charge in [0.05, 0.1) is 11.6 Å². The smallest absolute Gasteiger partial charge is 0.263 e. The molecule has 2 rings (SSSR count). The Kier molecular flexibility index (Phi) is 4.30. The summed E-state index contributed by atoms with van der Waals surface area (Å²) >= 11 is 0. The lowest BCUT2D eigenvalue weighted by atomic mass is 10.2. The van der Waals surface area contributed by atoms with Gasteiger partial charge in [0.15, 0.2) is 6.61 Å². The van der Waals surface area contributed by atoms with E-state index in [9.17, 15) is 4.79 Å². The number of benzene rings is 1. The molecule has 1 aromatic carbocycles. The zero-order valence-corrected chi connectivity index (χ0v) is 11.0. The number of aromatic nitrogens is 1. The molecule has 1 amide bonds. The molecule has 0 atom stereocenters. The standard InChI is InChI=1S/C15H13N3O2/c1-11-2-7-14(17-9-11)18-15(19)10-20-13-5-3-12(8-16)4-6-13/h2-7,9H,10H2,1H3,(H,17,18,19). The highest BCUT2D eigenvalue weighted by atomic mass is 16.5. The predicted molar refractivity (Wildman–Crippen MR) is 74.3 cm³/mol. The van der Waals surface area contributed by atoms with E-state index in [2.05, 4.69) is 10.3 Å². The van der Waals surface area contributed by atoms with E-state index in [0.29, 0.717) is 17.1 Å². The van der Waals surface area contributed by atoms with Crippen molar-refractivity contribution in [3.05, 3.63) is 53.7 Å². The maximum atomic E-state index is 11.7. The van der Waals surface area contributed by atoms with E-state index in [-0.39, 0.29) is 12.5 Å². The van der Waals surface area contributed by atoms with Gasteiger partial charge in [0.1, 0.15) is 11.6 Å². The average Bonchev–Trinajstić information content (AvgIpc) is 2.48. The van der Waals surface area contributed by atoms with Crippen LogP contribution >= 0.6 is 0 Å². The van der Waals surface area contributed by atoms with Crippen molar-refractivity contribution in [1.82, 2.24) is 4.98 Å². The number of hydrogen-bond donors (Lipinski definition) is 1. The van der Waals surface area contributed by atoms with Crippen LogP contribution in [-0.4, -0.2) is 17.5 Å². The summed E-state index contributed by atoms with van der Waals surface area (Å²) in [5.41, 5.74) is 1.57. The molecule has 0 aliphatic carbocycles. The van der Waals surface area contributed by atoms with E-state index in [1.807, 2.05) is 19.1 Å². The quantitative estimate of drug-likeness (QED) is 0.922. The molecule has 20 heavy (non-hydrogen) atoms. The normalized spacial score (nSPS) is 9.60. The van der Waals surface area contributed by atoms with E-state index in [1.54, 1.807) is 36.5 Å². The lowest BCUT2D eigenvalue weighted by Gasteiger charge is -2.07. The van der Waals surface area contributed by atoms with Gasteiger partial charge in [-0.05, 0) is 42.8 Å². The number of anilines is 1. The molecule has 100 valence electrons. The molecule has 0 radical (unpaired) electrons. The van der Waals surface area contributed by atoms with Crippen LogP contribution in [0.15, 0.2) is 42.6 Å². The minimum atomic E-state index is -0.286. The Labute approximate surface area is 116 Å². The minimum Gasteiger partial charge on any atom is -0.484 e. The summed E-state index contributed by atoms with van der Waals surface area (Å²) in [7, 11) is 0. The summed E-state index contributed by atoms with van der Waals surface area (Å²) in [5, 5.41) is 11.3. The lowest BCUT2D eigenvalue weighted by molar-refractivity contribution is -0.118. The Morgan fingerprint density at radius 3 is 2.65 bits per heavy atom. The number of carbonyl (C=O) groups excluding carboxylic acids is 1. The van der Waals surface area contributed by atoms with Gasteiger partial charge in [0, 0.05) is 6.20 Å². The number of nitrogens with zero attached hydrogens (tertiary/aromatic N) is 2. The van der Waals surface area contributed by atoms with Crippen LogP contribution in [0.5, 0.6) is 5.75 Å². The number of rotatable bonds is 4. The second-order valence-corrected chi connectivity index (χ2v) is 4.19. The first-order valence-corrected chi connectivity index (χ1v) is 6.03. The number of pyridine rings is 1. The summed E-state index contributed by atoms with van der Waals surface area (Å²) in [6, 6.07) is 12.2. The van der Waals surface area contributed by atoms with Crippen LogP contribution in [0, 0.1) is 18.3 Å². The Hall–Kier alpha value is -2.87. The third kappa shape index (κ3) is 3.82. The molecule has 5 nitrogen and oxygen atoms in total. The van der Waals surface area contributed by atoms with Crippen LogP contribution in [0.4, 0.5) is 5.82 Å². The molecule has 2 aromatic rings. The number of ether oxygens (including phenoxy) is 1. The number of nitriles is 1. The minimum absolute atomic E-state index is 0.110. The summed E-state index contributed by atoms with van der Waals surface area (Å²) in [6.07, 6.45) is 1.68. The molecule has 0 aliphatic heterocycles. The molecule has 5 heteroatoms. The fourth-order valence-corrected chi connectivity index (χ4v) is 1.50. The van der Waals surface area contributed by atoms with Crippen LogP contribution < -0.4 is 10.1 Å². The summed E-state index contributed by atoms with van der Waals surface area (Å²) in [5.74, 6) is 0.741. The first-order valence-electron chi connectivity index (χ1n) is 6.03. The zero-order valence-electron chi connectivity index (χ0n) is 11.0. The molecule has 1 aromatic heterocycles. The van der Waals surface area contributed by atoms with Crippen LogP contribution in [0.25, 0.3) is 0 Å². The van der Waals surface area contributed by atoms with Gasteiger partial charge in [-0.25, -0.2) is 4.98 Å². The highest BCUT2D eigenvalue weighted by Crippen LogP contribution is 2.11. The van der Waals surface area contributed by atoms with Gasteiger partial charge in [0.2, 0.25) is 0 Å². The maximum absolute atomic E-state index is 11.7. The van der Waals surface area contributed by atoms with Crippen molar-refractivity contribution in [3.8, 4) is 11.8 Å². The van der Waals surface area contributed by atoms with Gasteiger partial charge in [-0.3, -0.25) is 4.79 Å². The Balaban J connectivity index is 1.85. The molecule has 0 unspecified atom stereocenters. The van der Waals surface area contributed by atoms with Gasteiger partial charge >= 0.3 is 0 Å². The van der Waals surface area contributed by atoms with Crippen LogP contribution in [0.1, 0.15) is 11.1 Å². The molecule has 1 N–H and O–H groups in total. The van der Waals surface area contributed by atoms with E-state index in [4.69, 9.17) is 10.00 Å². The molecular formula is C15H13N3O2. The van der Waals surface area contributed by atoms with E-state index >= 15 is 0 Å². The van der Waals surface area contributed by atoms with Crippen LogP contribution in [0.2, 0.25) is 0 Å². The van der Waals surface area contributed by atoms with E-state index < -0.39 is 0 Å². The van der Waals surface area contributed by atoms with Crippen molar-refractivity contribution >= 4 is 11.7 Å². The third-order valence-electron chi connectivity index (χ3n) is 2.53. The Morgan fingerprint density at radius 2 is 2.05 bits per heavy atom. The predicted octanol–water partition coefficient (Wildman–Crippen LogP) is 2.28. The second-order valence-electron chi connectivity index (χ2n) is 4.19. The number of amides is 1. The SMILES string of the molecule is Cc1ccc(NC(=O)COc2ccc(C#N)cc2)nc1. The van der Waals surface area contributed by atoms with Crippen LogP contribution in [0.3, 0.4) is 0 Å². The molecule has 1 heterocycles. The molecule has 0 saturated carbocycles. The topological polar surface area (TPSA) is 75.0 Å². The molecular weight excluding hydrogens is 254 g/mol. The van der Waals surface area contributed by atoms with Crippen molar-refractivity contribution in [2.45, 2.75) is 6.92 Å². The van der Waals surface area contributed by atoms with Crippen molar-refractivity contribution in [3.63, 3.8) is 0 Å². The van der Waals surface area contributed by atoms with Crippen molar-refractivity contribution in [2.24, 2.45) is 0 Å². The number of carbonyl (C=O) groups is 1. The molecule has 0 fully saturated rings. The lowest BCUT2D eigenvalue weighted by Crippen LogP contribution is -2.20. The maximum Gasteiger partial charge on any atom is 0.263 e. The highest BCUT2D eigenvalue weighted by molar-refractivity contribution is 5.90. The largest absolute Gasteiger partial charge is 0.484 e. The average molecular weight is 267 g/mol. The van der Waals surface area contributed by atoms with Crippen molar-refractivity contribution in [1.29, 1.82) is 5.26 Å². The van der Waals surface area contributed by atoms with E-state index in [0.717, 1.165) is 5.56 Å². The first-order chi connectivity index (χ1) is 9.67. The van der Waals surface area contributed by atoms with Crippen LogP contribution in [-0.2, 0) is 4.79 Å². The first kappa shape index (κ1) is 13.6. The summed E-state index contributed by atoms with van der Waals surface area (Å²) < 4.78 is 5.31. The van der Waals surface area contributed by atoms with Crippen molar-refractivity contribution < 1.29 is 9.53 Å². The monoisotopic (exact) mass is 267 g/mol. The highest BCUT2D eigenvalue weighted by Gasteiger charge is 2.04. The second kappa shape index (κ2) is 6.34. The Bertz CT molecular complexity index is 628. The third-order valence-corrected chi connectivity index (χ3v) is 2.53. The van der Waals surface area contributed by atoms with Crippen molar-refractivity contribution in [2.75, 3.05) is 11.9 Å². The number of nitrogens with one attached hydrogen (secondary N) is 1. The zero-order chi connectivity index (χ0) is 14.4. The fourth-order valence-electron chi connectivity index (χ4n) is 1.50. The van der Waals surface area contributed by atoms with Gasteiger partial charge < -0.3 is 10.1 Å². The molecule has 0 spiro atoms.